The van der Waals surface area contributed by atoms with E-state index in [0.29, 0.717) is 5.82 Å². The summed E-state index contributed by atoms with van der Waals surface area (Å²) in [6.07, 6.45) is 7.55. The second-order valence-electron chi connectivity index (χ2n) is 7.15. The SMILES string of the molecule is CC(C)Oc1ccccc1Nc1ccc(NC(=O)NC2CCCCC2)nc1. The van der Waals surface area contributed by atoms with E-state index in [0.717, 1.165) is 30.0 Å². The lowest BCUT2D eigenvalue weighted by molar-refractivity contribution is 0.243. The Morgan fingerprint density at radius 1 is 1.11 bits per heavy atom. The van der Waals surface area contributed by atoms with Gasteiger partial charge in [0.2, 0.25) is 0 Å². The van der Waals surface area contributed by atoms with E-state index < -0.39 is 0 Å². The summed E-state index contributed by atoms with van der Waals surface area (Å²) in [7, 11) is 0. The molecule has 6 nitrogen and oxygen atoms in total. The molecule has 0 unspecified atom stereocenters. The highest BCUT2D eigenvalue weighted by Gasteiger charge is 2.15. The monoisotopic (exact) mass is 368 g/mol. The van der Waals surface area contributed by atoms with Crippen molar-refractivity contribution in [1.82, 2.24) is 10.3 Å². The molecular formula is C21H28N4O2. The molecule has 144 valence electrons. The van der Waals surface area contributed by atoms with Crippen molar-refractivity contribution in [2.45, 2.75) is 58.1 Å². The smallest absolute Gasteiger partial charge is 0.320 e. The van der Waals surface area contributed by atoms with Crippen LogP contribution in [0, 0.1) is 0 Å². The maximum atomic E-state index is 12.1. The normalized spacial score (nSPS) is 14.6. The van der Waals surface area contributed by atoms with Crippen LogP contribution in [0.1, 0.15) is 46.0 Å². The molecule has 1 aliphatic carbocycles. The lowest BCUT2D eigenvalue weighted by Gasteiger charge is -2.22. The molecule has 0 radical (unpaired) electrons. The average molecular weight is 368 g/mol. The highest BCUT2D eigenvalue weighted by molar-refractivity contribution is 5.88. The number of nitrogens with zero attached hydrogens (tertiary/aromatic N) is 1. The Kier molecular flexibility index (Phi) is 6.52. The molecule has 2 aromatic rings. The van der Waals surface area contributed by atoms with Crippen molar-refractivity contribution in [1.29, 1.82) is 0 Å². The lowest BCUT2D eigenvalue weighted by atomic mass is 9.96. The van der Waals surface area contributed by atoms with Crippen molar-refractivity contribution < 1.29 is 9.53 Å². The van der Waals surface area contributed by atoms with Gasteiger partial charge in [0.05, 0.1) is 23.7 Å². The predicted octanol–water partition coefficient (Wildman–Crippen LogP) is 5.07. The fraction of sp³-hybridized carbons (Fsp3) is 0.429. The summed E-state index contributed by atoms with van der Waals surface area (Å²) in [6, 6.07) is 11.5. The molecule has 1 aliphatic rings. The van der Waals surface area contributed by atoms with Crippen LogP contribution < -0.4 is 20.7 Å². The molecule has 3 N–H and O–H groups in total. The zero-order chi connectivity index (χ0) is 19.1. The molecule has 2 amide bonds. The first-order valence-corrected chi connectivity index (χ1v) is 9.66. The van der Waals surface area contributed by atoms with E-state index in [1.165, 1.54) is 19.3 Å². The molecule has 1 aromatic carbocycles. The summed E-state index contributed by atoms with van der Waals surface area (Å²) in [5.74, 6) is 1.32. The van der Waals surface area contributed by atoms with Crippen molar-refractivity contribution in [2.24, 2.45) is 0 Å². The van der Waals surface area contributed by atoms with Gasteiger partial charge in [-0.05, 0) is 51.0 Å². The van der Waals surface area contributed by atoms with Crippen molar-refractivity contribution in [2.75, 3.05) is 10.6 Å². The Morgan fingerprint density at radius 3 is 2.59 bits per heavy atom. The number of para-hydroxylation sites is 2. The molecule has 1 aromatic heterocycles. The van der Waals surface area contributed by atoms with Crippen LogP contribution in [0.4, 0.5) is 22.0 Å². The summed E-state index contributed by atoms with van der Waals surface area (Å²) < 4.78 is 5.82. The number of benzene rings is 1. The number of aromatic nitrogens is 1. The van der Waals surface area contributed by atoms with Crippen LogP contribution in [0.5, 0.6) is 5.75 Å². The van der Waals surface area contributed by atoms with Crippen LogP contribution in [0.25, 0.3) is 0 Å². The molecule has 0 atom stereocenters. The standard InChI is InChI=1S/C21H28N4O2/c1-15(2)27-19-11-7-6-10-18(19)23-17-12-13-20(22-14-17)25-21(26)24-16-8-4-3-5-9-16/h6-7,10-16,23H,3-5,8-9H2,1-2H3,(H2,22,24,25,26). The molecular weight excluding hydrogens is 340 g/mol. The minimum absolute atomic E-state index is 0.0975. The van der Waals surface area contributed by atoms with Crippen molar-refractivity contribution in [3.63, 3.8) is 0 Å². The van der Waals surface area contributed by atoms with Gasteiger partial charge in [-0.25, -0.2) is 9.78 Å². The van der Waals surface area contributed by atoms with Gasteiger partial charge in [0.25, 0.3) is 0 Å². The minimum atomic E-state index is -0.189. The molecule has 6 heteroatoms. The molecule has 27 heavy (non-hydrogen) atoms. The van der Waals surface area contributed by atoms with Gasteiger partial charge in [-0.3, -0.25) is 5.32 Å². The van der Waals surface area contributed by atoms with E-state index in [1.807, 2.05) is 44.2 Å². The number of carbonyl (C=O) groups is 1. The van der Waals surface area contributed by atoms with Gasteiger partial charge in [-0.2, -0.15) is 0 Å². The number of urea groups is 1. The van der Waals surface area contributed by atoms with Gasteiger partial charge in [0.1, 0.15) is 11.6 Å². The summed E-state index contributed by atoms with van der Waals surface area (Å²) >= 11 is 0. The van der Waals surface area contributed by atoms with Gasteiger partial charge in [0.15, 0.2) is 0 Å². The van der Waals surface area contributed by atoms with E-state index in [9.17, 15) is 4.79 Å². The Morgan fingerprint density at radius 2 is 1.89 bits per heavy atom. The molecule has 1 fully saturated rings. The number of hydrogen-bond donors (Lipinski definition) is 3. The van der Waals surface area contributed by atoms with E-state index in [1.54, 1.807) is 12.3 Å². The summed E-state index contributed by atoms with van der Waals surface area (Å²) in [5.41, 5.74) is 1.71. The van der Waals surface area contributed by atoms with Crippen LogP contribution >= 0.6 is 0 Å². The first kappa shape index (κ1) is 19.0. The number of ether oxygens (including phenoxy) is 1. The maximum absolute atomic E-state index is 12.1. The Bertz CT molecular complexity index is 740. The van der Waals surface area contributed by atoms with Gasteiger partial charge in [-0.1, -0.05) is 31.4 Å². The van der Waals surface area contributed by atoms with E-state index in [4.69, 9.17) is 4.74 Å². The third kappa shape index (κ3) is 5.88. The fourth-order valence-corrected chi connectivity index (χ4v) is 3.21. The highest BCUT2D eigenvalue weighted by Crippen LogP contribution is 2.28. The third-order valence-corrected chi connectivity index (χ3v) is 4.47. The molecule has 3 rings (SSSR count). The second-order valence-corrected chi connectivity index (χ2v) is 7.15. The van der Waals surface area contributed by atoms with Crippen molar-refractivity contribution in [3.8, 4) is 5.75 Å². The molecule has 0 spiro atoms. The van der Waals surface area contributed by atoms with E-state index in [-0.39, 0.29) is 18.2 Å². The van der Waals surface area contributed by atoms with E-state index >= 15 is 0 Å². The predicted molar refractivity (Wildman–Crippen MR) is 109 cm³/mol. The number of pyridine rings is 1. The van der Waals surface area contributed by atoms with Crippen LogP contribution in [0.2, 0.25) is 0 Å². The molecule has 1 saturated carbocycles. The third-order valence-electron chi connectivity index (χ3n) is 4.47. The Hall–Kier alpha value is -2.76. The molecule has 1 heterocycles. The number of nitrogens with one attached hydrogen (secondary N) is 3. The summed E-state index contributed by atoms with van der Waals surface area (Å²) in [6.45, 7) is 3.99. The number of carbonyl (C=O) groups excluding carboxylic acids is 1. The highest BCUT2D eigenvalue weighted by atomic mass is 16.5. The van der Waals surface area contributed by atoms with Crippen molar-refractivity contribution in [3.05, 3.63) is 42.6 Å². The molecule has 0 bridgehead atoms. The zero-order valence-electron chi connectivity index (χ0n) is 16.0. The first-order chi connectivity index (χ1) is 13.1. The van der Waals surface area contributed by atoms with E-state index in [2.05, 4.69) is 20.9 Å². The molecule has 0 saturated heterocycles. The lowest BCUT2D eigenvalue weighted by Crippen LogP contribution is -2.39. The topological polar surface area (TPSA) is 75.3 Å². The summed E-state index contributed by atoms with van der Waals surface area (Å²) in [4.78, 5) is 16.4. The quantitative estimate of drug-likeness (QED) is 0.666. The minimum Gasteiger partial charge on any atom is -0.489 e. The van der Waals surface area contributed by atoms with Gasteiger partial charge in [-0.15, -0.1) is 0 Å². The number of anilines is 3. The zero-order valence-corrected chi connectivity index (χ0v) is 16.0. The summed E-state index contributed by atoms with van der Waals surface area (Å²) in [5, 5.41) is 9.14. The fourth-order valence-electron chi connectivity index (χ4n) is 3.21. The maximum Gasteiger partial charge on any atom is 0.320 e. The Balaban J connectivity index is 1.56. The van der Waals surface area contributed by atoms with Gasteiger partial charge >= 0.3 is 6.03 Å². The van der Waals surface area contributed by atoms with Gasteiger partial charge < -0.3 is 15.4 Å². The van der Waals surface area contributed by atoms with Crippen molar-refractivity contribution >= 4 is 23.2 Å². The number of rotatable bonds is 6. The average Bonchev–Trinajstić information content (AvgIpc) is 2.65. The van der Waals surface area contributed by atoms with Crippen LogP contribution in [0.15, 0.2) is 42.6 Å². The Labute approximate surface area is 160 Å². The van der Waals surface area contributed by atoms with Crippen LogP contribution in [-0.2, 0) is 0 Å². The molecule has 0 aliphatic heterocycles. The van der Waals surface area contributed by atoms with Crippen LogP contribution in [-0.4, -0.2) is 23.2 Å². The van der Waals surface area contributed by atoms with Gasteiger partial charge in [0, 0.05) is 6.04 Å². The largest absolute Gasteiger partial charge is 0.489 e. The van der Waals surface area contributed by atoms with Crippen LogP contribution in [0.3, 0.4) is 0 Å². The second kappa shape index (κ2) is 9.26. The number of amides is 2. The first-order valence-electron chi connectivity index (χ1n) is 9.66. The number of hydrogen-bond acceptors (Lipinski definition) is 4.